The minimum Gasteiger partial charge on any atom is -0.497 e. The molecule has 0 saturated carbocycles. The van der Waals surface area contributed by atoms with Gasteiger partial charge in [0.1, 0.15) is 11.9 Å². The van der Waals surface area contributed by atoms with Crippen LogP contribution in [0.4, 0.5) is 0 Å². The Hall–Kier alpha value is -2.63. The van der Waals surface area contributed by atoms with E-state index in [0.29, 0.717) is 18.8 Å². The number of aryl methyl sites for hydroxylation is 2. The molecule has 0 radical (unpaired) electrons. The first kappa shape index (κ1) is 17.2. The monoisotopic (exact) mass is 341 g/mol. The molecule has 6 nitrogen and oxygen atoms in total. The molecule has 0 unspecified atom stereocenters. The molecule has 0 spiro atoms. The molecule has 0 N–H and O–H groups in total. The zero-order valence-electron chi connectivity index (χ0n) is 14.6. The number of methoxy groups -OCH3 is 1. The minimum absolute atomic E-state index is 0.0121. The van der Waals surface area contributed by atoms with E-state index in [1.54, 1.807) is 7.11 Å². The number of likely N-dealkylation sites (tertiary alicyclic amines) is 1. The Morgan fingerprint density at radius 1 is 1.20 bits per heavy atom. The molecule has 25 heavy (non-hydrogen) atoms. The molecule has 0 bridgehead atoms. The summed E-state index contributed by atoms with van der Waals surface area (Å²) < 4.78 is 11.0. The van der Waals surface area contributed by atoms with Crippen molar-refractivity contribution in [3.05, 3.63) is 47.7 Å². The number of carbonyl (C=O) groups excluding carboxylic acids is 1. The molecule has 1 fully saturated rings. The summed E-state index contributed by atoms with van der Waals surface area (Å²) in [5, 5.41) is 8.00. The van der Waals surface area contributed by atoms with E-state index in [-0.39, 0.29) is 12.0 Å². The highest BCUT2D eigenvalue weighted by molar-refractivity contribution is 5.76. The van der Waals surface area contributed by atoms with Crippen molar-refractivity contribution >= 4 is 5.91 Å². The Balaban J connectivity index is 1.46. The lowest BCUT2D eigenvalue weighted by atomic mass is 10.1. The summed E-state index contributed by atoms with van der Waals surface area (Å²) in [6, 6.07) is 11.5. The highest BCUT2D eigenvalue weighted by atomic mass is 16.5. The van der Waals surface area contributed by atoms with Gasteiger partial charge in [0.25, 0.3) is 0 Å². The van der Waals surface area contributed by atoms with Crippen LogP contribution in [0.2, 0.25) is 0 Å². The van der Waals surface area contributed by atoms with Crippen molar-refractivity contribution in [3.63, 3.8) is 0 Å². The molecule has 1 atom stereocenters. The third kappa shape index (κ3) is 4.68. The van der Waals surface area contributed by atoms with Gasteiger partial charge in [0.2, 0.25) is 11.8 Å². The molecule has 2 aromatic rings. The highest BCUT2D eigenvalue weighted by Crippen LogP contribution is 2.18. The van der Waals surface area contributed by atoms with Gasteiger partial charge in [-0.15, -0.1) is 5.10 Å². The number of ether oxygens (including phenoxy) is 2. The molecule has 1 saturated heterocycles. The van der Waals surface area contributed by atoms with Crippen LogP contribution >= 0.6 is 0 Å². The quantitative estimate of drug-likeness (QED) is 0.807. The Bertz CT molecular complexity index is 701. The average molecular weight is 341 g/mol. The second-order valence-electron chi connectivity index (χ2n) is 6.23. The summed E-state index contributed by atoms with van der Waals surface area (Å²) in [5.41, 5.74) is 1.99. The fourth-order valence-corrected chi connectivity index (χ4v) is 2.87. The van der Waals surface area contributed by atoms with Crippen molar-refractivity contribution in [1.29, 1.82) is 0 Å². The number of benzene rings is 1. The fraction of sp³-hybridized carbons (Fsp3) is 0.421. The third-order valence-corrected chi connectivity index (χ3v) is 4.35. The number of hydrogen-bond acceptors (Lipinski definition) is 5. The van der Waals surface area contributed by atoms with Crippen LogP contribution in [0.5, 0.6) is 11.6 Å². The van der Waals surface area contributed by atoms with Crippen LogP contribution < -0.4 is 9.47 Å². The molecule has 0 aliphatic carbocycles. The maximum atomic E-state index is 12.4. The summed E-state index contributed by atoms with van der Waals surface area (Å²) in [5.74, 6) is 1.51. The number of rotatable bonds is 6. The fourth-order valence-electron chi connectivity index (χ4n) is 2.87. The van der Waals surface area contributed by atoms with Crippen molar-refractivity contribution in [2.24, 2.45) is 0 Å². The Labute approximate surface area is 147 Å². The molecule has 2 heterocycles. The SMILES string of the molecule is COc1ccc(CCC(=O)N2CC[C@H](Oc3ccc(C)nn3)C2)cc1. The van der Waals surface area contributed by atoms with Gasteiger partial charge in [-0.25, -0.2) is 0 Å². The van der Waals surface area contributed by atoms with Crippen LogP contribution in [-0.4, -0.2) is 47.3 Å². The predicted molar refractivity (Wildman–Crippen MR) is 93.7 cm³/mol. The van der Waals surface area contributed by atoms with Crippen LogP contribution in [-0.2, 0) is 11.2 Å². The molecule has 3 rings (SSSR count). The lowest BCUT2D eigenvalue weighted by Crippen LogP contribution is -2.31. The van der Waals surface area contributed by atoms with Crippen molar-refractivity contribution in [2.45, 2.75) is 32.3 Å². The smallest absolute Gasteiger partial charge is 0.233 e. The normalized spacial score (nSPS) is 16.7. The second-order valence-corrected chi connectivity index (χ2v) is 6.23. The van der Waals surface area contributed by atoms with Gasteiger partial charge < -0.3 is 14.4 Å². The van der Waals surface area contributed by atoms with Crippen LogP contribution in [0.25, 0.3) is 0 Å². The lowest BCUT2D eigenvalue weighted by molar-refractivity contribution is -0.130. The zero-order chi connectivity index (χ0) is 17.6. The zero-order valence-corrected chi connectivity index (χ0v) is 14.6. The van der Waals surface area contributed by atoms with E-state index in [1.165, 1.54) is 0 Å². The minimum atomic E-state index is -0.0121. The number of nitrogens with zero attached hydrogens (tertiary/aromatic N) is 3. The number of carbonyl (C=O) groups is 1. The maximum absolute atomic E-state index is 12.4. The van der Waals surface area contributed by atoms with Gasteiger partial charge in [-0.2, -0.15) is 5.10 Å². The van der Waals surface area contributed by atoms with Crippen molar-refractivity contribution in [1.82, 2.24) is 15.1 Å². The number of aromatic nitrogens is 2. The molecule has 1 aromatic carbocycles. The Kier molecular flexibility index (Phi) is 5.48. The van der Waals surface area contributed by atoms with E-state index in [4.69, 9.17) is 9.47 Å². The average Bonchev–Trinajstić information content (AvgIpc) is 3.10. The maximum Gasteiger partial charge on any atom is 0.233 e. The third-order valence-electron chi connectivity index (χ3n) is 4.35. The van der Waals surface area contributed by atoms with E-state index >= 15 is 0 Å². The topological polar surface area (TPSA) is 64.5 Å². The predicted octanol–water partition coefficient (Wildman–Crippen LogP) is 2.41. The van der Waals surface area contributed by atoms with Crippen LogP contribution in [0.15, 0.2) is 36.4 Å². The van der Waals surface area contributed by atoms with Crippen LogP contribution in [0, 0.1) is 6.92 Å². The van der Waals surface area contributed by atoms with Gasteiger partial charge >= 0.3 is 0 Å². The van der Waals surface area contributed by atoms with Gasteiger partial charge in [-0.3, -0.25) is 4.79 Å². The van der Waals surface area contributed by atoms with E-state index in [0.717, 1.165) is 36.4 Å². The summed E-state index contributed by atoms with van der Waals surface area (Å²) in [7, 11) is 1.65. The molecule has 1 amide bonds. The highest BCUT2D eigenvalue weighted by Gasteiger charge is 2.27. The summed E-state index contributed by atoms with van der Waals surface area (Å²) in [6.45, 7) is 3.22. The summed E-state index contributed by atoms with van der Waals surface area (Å²) in [4.78, 5) is 14.3. The largest absolute Gasteiger partial charge is 0.497 e. The lowest BCUT2D eigenvalue weighted by Gasteiger charge is -2.17. The van der Waals surface area contributed by atoms with Gasteiger partial charge in [-0.05, 0) is 37.1 Å². The first-order valence-corrected chi connectivity index (χ1v) is 8.52. The van der Waals surface area contributed by atoms with E-state index in [2.05, 4.69) is 10.2 Å². The van der Waals surface area contributed by atoms with Gasteiger partial charge in [0.05, 0.1) is 19.3 Å². The van der Waals surface area contributed by atoms with Crippen molar-refractivity contribution < 1.29 is 14.3 Å². The number of hydrogen-bond donors (Lipinski definition) is 0. The molecular formula is C19H23N3O3. The number of amides is 1. The second kappa shape index (κ2) is 7.96. The van der Waals surface area contributed by atoms with Gasteiger partial charge in [0, 0.05) is 25.5 Å². The first-order chi connectivity index (χ1) is 12.1. The van der Waals surface area contributed by atoms with E-state index < -0.39 is 0 Å². The van der Waals surface area contributed by atoms with Gasteiger partial charge in [-0.1, -0.05) is 12.1 Å². The molecule has 1 aliphatic rings. The van der Waals surface area contributed by atoms with Crippen molar-refractivity contribution in [2.75, 3.05) is 20.2 Å². The van der Waals surface area contributed by atoms with Crippen molar-refractivity contribution in [3.8, 4) is 11.6 Å². The standard InChI is InChI=1S/C19H23N3O3/c1-14-3-9-18(21-20-14)25-17-11-12-22(13-17)19(23)10-6-15-4-7-16(24-2)8-5-15/h3-5,7-9,17H,6,10-13H2,1-2H3/t17-/m0/s1. The molecule has 132 valence electrons. The molecule has 1 aromatic heterocycles. The van der Waals surface area contributed by atoms with Crippen LogP contribution in [0.3, 0.4) is 0 Å². The first-order valence-electron chi connectivity index (χ1n) is 8.52. The summed E-state index contributed by atoms with van der Waals surface area (Å²) >= 11 is 0. The Morgan fingerprint density at radius 3 is 2.68 bits per heavy atom. The Morgan fingerprint density at radius 2 is 2.00 bits per heavy atom. The molecular weight excluding hydrogens is 318 g/mol. The molecule has 6 heteroatoms. The molecule has 1 aliphatic heterocycles. The summed E-state index contributed by atoms with van der Waals surface area (Å²) in [6.07, 6.45) is 2.04. The van der Waals surface area contributed by atoms with Crippen LogP contribution in [0.1, 0.15) is 24.1 Å². The van der Waals surface area contributed by atoms with E-state index in [9.17, 15) is 4.79 Å². The van der Waals surface area contributed by atoms with E-state index in [1.807, 2.05) is 48.2 Å². The van der Waals surface area contributed by atoms with Gasteiger partial charge in [0.15, 0.2) is 0 Å².